The number of guanidine groups is 1. The van der Waals surface area contributed by atoms with Gasteiger partial charge in [-0.05, 0) is 19.1 Å². The second kappa shape index (κ2) is 6.88. The first-order valence-electron chi connectivity index (χ1n) is 5.49. The third-order valence-corrected chi connectivity index (χ3v) is 2.43. The summed E-state index contributed by atoms with van der Waals surface area (Å²) in [7, 11) is 3.56. The van der Waals surface area contributed by atoms with Crippen LogP contribution in [0.2, 0.25) is 0 Å². The number of aliphatic imine (C=N–C) groups is 1. The van der Waals surface area contributed by atoms with Crippen LogP contribution < -0.4 is 16.2 Å². The largest absolute Gasteiger partial charge is 0.383 e. The number of aryl methyl sites for hydroxylation is 1. The molecule has 0 spiro atoms. The molecule has 0 aromatic heterocycles. The predicted octanol–water partition coefficient (Wildman–Crippen LogP) is 0.897. The molecule has 0 atom stereocenters. The molecular weight excluding hydrogens is 216 g/mol. The van der Waals surface area contributed by atoms with Crippen molar-refractivity contribution in [3.05, 3.63) is 29.8 Å². The summed E-state index contributed by atoms with van der Waals surface area (Å²) in [5.74, 6) is 6.08. The number of anilines is 1. The van der Waals surface area contributed by atoms with Crippen LogP contribution in [0.1, 0.15) is 5.56 Å². The fourth-order valence-corrected chi connectivity index (χ4v) is 1.38. The molecule has 94 valence electrons. The van der Waals surface area contributed by atoms with Crippen LogP contribution in [-0.4, -0.2) is 33.3 Å². The van der Waals surface area contributed by atoms with Gasteiger partial charge in [0.25, 0.3) is 0 Å². The molecule has 0 heterocycles. The van der Waals surface area contributed by atoms with Crippen LogP contribution in [0.4, 0.5) is 5.69 Å². The molecule has 0 aliphatic rings. The highest BCUT2D eigenvalue weighted by molar-refractivity contribution is 5.95. The fraction of sp³-hybridized carbons (Fsp3) is 0.417. The summed E-state index contributed by atoms with van der Waals surface area (Å²) in [6.45, 7) is 3.21. The van der Waals surface area contributed by atoms with Gasteiger partial charge in [0.1, 0.15) is 0 Å². The van der Waals surface area contributed by atoms with E-state index in [2.05, 4.69) is 29.5 Å². The van der Waals surface area contributed by atoms with Gasteiger partial charge in [0, 0.05) is 19.8 Å². The SMILES string of the molecule is COCCN=C(NN)N(C)c1ccc(C)cc1. The highest BCUT2D eigenvalue weighted by Gasteiger charge is 2.06. The monoisotopic (exact) mass is 236 g/mol. The molecule has 1 aromatic carbocycles. The van der Waals surface area contributed by atoms with Crippen molar-refractivity contribution >= 4 is 11.6 Å². The number of hydrazine groups is 1. The lowest BCUT2D eigenvalue weighted by Crippen LogP contribution is -2.43. The number of hydrogen-bond acceptors (Lipinski definition) is 3. The molecule has 0 saturated carbocycles. The van der Waals surface area contributed by atoms with E-state index >= 15 is 0 Å². The van der Waals surface area contributed by atoms with E-state index in [-0.39, 0.29) is 0 Å². The lowest BCUT2D eigenvalue weighted by molar-refractivity contribution is 0.208. The molecule has 0 unspecified atom stereocenters. The Morgan fingerprint density at radius 2 is 2.06 bits per heavy atom. The first-order chi connectivity index (χ1) is 8.19. The number of benzene rings is 1. The van der Waals surface area contributed by atoms with Crippen molar-refractivity contribution in [3.63, 3.8) is 0 Å². The zero-order valence-corrected chi connectivity index (χ0v) is 10.6. The van der Waals surface area contributed by atoms with Gasteiger partial charge in [-0.1, -0.05) is 17.7 Å². The fourth-order valence-electron chi connectivity index (χ4n) is 1.38. The first kappa shape index (κ1) is 13.5. The highest BCUT2D eigenvalue weighted by Crippen LogP contribution is 2.13. The summed E-state index contributed by atoms with van der Waals surface area (Å²) in [4.78, 5) is 6.21. The van der Waals surface area contributed by atoms with Crippen molar-refractivity contribution < 1.29 is 4.74 Å². The molecule has 0 aliphatic carbocycles. The van der Waals surface area contributed by atoms with Crippen LogP contribution in [0, 0.1) is 6.92 Å². The van der Waals surface area contributed by atoms with Crippen LogP contribution in [-0.2, 0) is 4.74 Å². The lowest BCUT2D eigenvalue weighted by Gasteiger charge is -2.20. The molecule has 3 N–H and O–H groups in total. The third-order valence-electron chi connectivity index (χ3n) is 2.43. The number of nitrogens with zero attached hydrogens (tertiary/aromatic N) is 2. The molecule has 5 heteroatoms. The van der Waals surface area contributed by atoms with Crippen molar-refractivity contribution in [2.24, 2.45) is 10.8 Å². The van der Waals surface area contributed by atoms with Crippen molar-refractivity contribution in [2.45, 2.75) is 6.92 Å². The minimum Gasteiger partial charge on any atom is -0.383 e. The Morgan fingerprint density at radius 1 is 1.41 bits per heavy atom. The first-order valence-corrected chi connectivity index (χ1v) is 5.49. The lowest BCUT2D eigenvalue weighted by atomic mass is 10.2. The second-order valence-corrected chi connectivity index (χ2v) is 3.74. The summed E-state index contributed by atoms with van der Waals surface area (Å²) in [5.41, 5.74) is 4.85. The van der Waals surface area contributed by atoms with E-state index in [1.165, 1.54) is 5.56 Å². The molecule has 17 heavy (non-hydrogen) atoms. The number of methoxy groups -OCH3 is 1. The second-order valence-electron chi connectivity index (χ2n) is 3.74. The van der Waals surface area contributed by atoms with Gasteiger partial charge < -0.3 is 9.64 Å². The maximum absolute atomic E-state index is 5.46. The van der Waals surface area contributed by atoms with Crippen molar-refractivity contribution in [1.82, 2.24) is 5.43 Å². The van der Waals surface area contributed by atoms with E-state index in [1.54, 1.807) is 7.11 Å². The number of rotatable bonds is 4. The summed E-state index contributed by atoms with van der Waals surface area (Å²) >= 11 is 0. The molecule has 0 aliphatic heterocycles. The number of nitrogens with two attached hydrogens (primary N) is 1. The van der Waals surface area contributed by atoms with Gasteiger partial charge in [0.2, 0.25) is 5.96 Å². The van der Waals surface area contributed by atoms with E-state index in [4.69, 9.17) is 10.6 Å². The van der Waals surface area contributed by atoms with Gasteiger partial charge in [0.15, 0.2) is 0 Å². The Morgan fingerprint density at radius 3 is 2.59 bits per heavy atom. The average molecular weight is 236 g/mol. The molecule has 0 bridgehead atoms. The number of nitrogens with one attached hydrogen (secondary N) is 1. The molecule has 0 radical (unpaired) electrons. The highest BCUT2D eigenvalue weighted by atomic mass is 16.5. The van der Waals surface area contributed by atoms with Gasteiger partial charge in [-0.3, -0.25) is 5.43 Å². The van der Waals surface area contributed by atoms with Gasteiger partial charge in [-0.2, -0.15) is 0 Å². The van der Waals surface area contributed by atoms with Crippen molar-refractivity contribution in [2.75, 3.05) is 32.2 Å². The summed E-state index contributed by atoms with van der Waals surface area (Å²) in [5, 5.41) is 0. The quantitative estimate of drug-likeness (QED) is 0.268. The van der Waals surface area contributed by atoms with Gasteiger partial charge >= 0.3 is 0 Å². The zero-order valence-electron chi connectivity index (χ0n) is 10.6. The van der Waals surface area contributed by atoms with Crippen LogP contribution in [0.3, 0.4) is 0 Å². The topological polar surface area (TPSA) is 62.9 Å². The van der Waals surface area contributed by atoms with Gasteiger partial charge in [-0.25, -0.2) is 10.8 Å². The van der Waals surface area contributed by atoms with E-state index in [1.807, 2.05) is 24.1 Å². The molecule has 0 fully saturated rings. The third kappa shape index (κ3) is 4.05. The molecule has 1 aromatic rings. The van der Waals surface area contributed by atoms with E-state index in [9.17, 15) is 0 Å². The van der Waals surface area contributed by atoms with Crippen LogP contribution in [0.15, 0.2) is 29.3 Å². The van der Waals surface area contributed by atoms with Crippen molar-refractivity contribution in [3.8, 4) is 0 Å². The maximum atomic E-state index is 5.46. The van der Waals surface area contributed by atoms with Crippen molar-refractivity contribution in [1.29, 1.82) is 0 Å². The van der Waals surface area contributed by atoms with Crippen LogP contribution in [0.5, 0.6) is 0 Å². The Labute approximate surface area is 102 Å². The normalized spacial score (nSPS) is 11.4. The average Bonchev–Trinajstić information content (AvgIpc) is 2.35. The van der Waals surface area contributed by atoms with E-state index in [0.29, 0.717) is 19.1 Å². The minimum absolute atomic E-state index is 0.576. The Hall–Kier alpha value is -1.59. The molecular formula is C12H20N4O. The Kier molecular flexibility index (Phi) is 5.45. The summed E-state index contributed by atoms with van der Waals surface area (Å²) in [6.07, 6.45) is 0. The van der Waals surface area contributed by atoms with Gasteiger partial charge in [0.05, 0.1) is 13.2 Å². The molecule has 0 saturated heterocycles. The molecule has 0 amide bonds. The standard InChI is InChI=1S/C12H20N4O/c1-10-4-6-11(7-5-10)16(2)12(15-13)14-8-9-17-3/h4-7H,8-9,13H2,1-3H3,(H,14,15). The van der Waals surface area contributed by atoms with Gasteiger partial charge in [-0.15, -0.1) is 0 Å². The molecule has 5 nitrogen and oxygen atoms in total. The summed E-state index contributed by atoms with van der Waals surface area (Å²) in [6, 6.07) is 8.15. The Bertz CT molecular complexity index is 361. The van der Waals surface area contributed by atoms with Crippen LogP contribution >= 0.6 is 0 Å². The van der Waals surface area contributed by atoms with E-state index in [0.717, 1.165) is 5.69 Å². The predicted molar refractivity (Wildman–Crippen MR) is 71.1 cm³/mol. The maximum Gasteiger partial charge on any atom is 0.212 e. The number of ether oxygens (including phenoxy) is 1. The zero-order chi connectivity index (χ0) is 12.7. The van der Waals surface area contributed by atoms with Crippen LogP contribution in [0.25, 0.3) is 0 Å². The smallest absolute Gasteiger partial charge is 0.212 e. The van der Waals surface area contributed by atoms with E-state index < -0.39 is 0 Å². The Balaban J connectivity index is 2.74. The molecule has 1 rings (SSSR count). The number of hydrogen-bond donors (Lipinski definition) is 2. The summed E-state index contributed by atoms with van der Waals surface area (Å²) < 4.78 is 4.94. The minimum atomic E-state index is 0.576.